The Morgan fingerprint density at radius 2 is 0.818 bits per heavy atom. The van der Waals surface area contributed by atoms with Crippen molar-refractivity contribution in [2.45, 2.75) is 0 Å². The van der Waals surface area contributed by atoms with Crippen LogP contribution >= 0.6 is 0 Å². The topological polar surface area (TPSA) is 43.1 Å². The number of nitro benzene ring substituents is 1. The summed E-state index contributed by atoms with van der Waals surface area (Å²) in [6.07, 6.45) is 0. The van der Waals surface area contributed by atoms with Gasteiger partial charge in [0.05, 0.1) is 0 Å². The molecule has 3 nitrogen and oxygen atoms in total. The Hall–Kier alpha value is -3.12. The first-order chi connectivity index (χ1) is 15.7. The average molecular weight is 562 g/mol. The Morgan fingerprint density at radius 1 is 0.545 bits per heavy atom. The standard InChI is InChI=1S/C6H4NO2.3C6H5.BF4.Sb/c8-7(9)6-4-2-1-3-5-6;3*1-2-4-6-5-3-1;2-1(3,4)5;/h2-5H;3*1-5H;;/q;;;;-1;+1. The minimum atomic E-state index is -6.00. The van der Waals surface area contributed by atoms with Crippen LogP contribution in [0.2, 0.25) is 0 Å². The summed E-state index contributed by atoms with van der Waals surface area (Å²) in [6.45, 7) is 0. The van der Waals surface area contributed by atoms with Crippen molar-refractivity contribution < 1.29 is 22.2 Å². The first kappa shape index (κ1) is 24.5. The third-order valence-electron chi connectivity index (χ3n) is 4.88. The summed E-state index contributed by atoms with van der Waals surface area (Å²) >= 11 is -3.46. The molecular formula is C24H19BF4NO2Sb. The molecular weight excluding hydrogens is 543 g/mol. The van der Waals surface area contributed by atoms with Gasteiger partial charge in [0, 0.05) is 0 Å². The molecule has 0 saturated carbocycles. The third-order valence-corrected chi connectivity index (χ3v) is 17.1. The Morgan fingerprint density at radius 3 is 1.09 bits per heavy atom. The van der Waals surface area contributed by atoms with Crippen molar-refractivity contribution >= 4 is 45.8 Å². The van der Waals surface area contributed by atoms with E-state index in [1.54, 1.807) is 12.1 Å². The molecule has 0 aliphatic heterocycles. The molecule has 9 heteroatoms. The summed E-state index contributed by atoms with van der Waals surface area (Å²) in [5.74, 6) is 0. The number of non-ortho nitro benzene ring substituents is 1. The van der Waals surface area contributed by atoms with Crippen molar-refractivity contribution in [2.24, 2.45) is 0 Å². The van der Waals surface area contributed by atoms with Crippen molar-refractivity contribution in [3.8, 4) is 0 Å². The van der Waals surface area contributed by atoms with Crippen LogP contribution in [0.5, 0.6) is 0 Å². The number of halogens is 4. The zero-order chi connectivity index (χ0) is 23.9. The molecule has 0 aromatic heterocycles. The van der Waals surface area contributed by atoms with E-state index in [9.17, 15) is 27.4 Å². The summed E-state index contributed by atoms with van der Waals surface area (Å²) in [4.78, 5) is 10.9. The second kappa shape index (κ2) is 10.7. The monoisotopic (exact) mass is 561 g/mol. The Bertz CT molecular complexity index is 1070. The second-order valence-corrected chi connectivity index (χ2v) is 16.7. The zero-order valence-corrected chi connectivity index (χ0v) is 19.8. The number of nitrogens with zero attached hydrogens (tertiary/aromatic N) is 1. The van der Waals surface area contributed by atoms with Gasteiger partial charge >= 0.3 is 176 Å². The van der Waals surface area contributed by atoms with Crippen LogP contribution in [-0.4, -0.2) is 31.0 Å². The third kappa shape index (κ3) is 6.02. The van der Waals surface area contributed by atoms with Crippen LogP contribution in [0.3, 0.4) is 0 Å². The molecule has 4 rings (SSSR count). The van der Waals surface area contributed by atoms with Crippen LogP contribution in [0.1, 0.15) is 0 Å². The molecule has 0 heterocycles. The van der Waals surface area contributed by atoms with Crippen LogP contribution in [0.15, 0.2) is 115 Å². The Labute approximate surface area is 193 Å². The molecule has 4 aromatic rings. The van der Waals surface area contributed by atoms with E-state index < -0.39 is 26.1 Å². The van der Waals surface area contributed by atoms with Gasteiger partial charge in [0.15, 0.2) is 0 Å². The maximum atomic E-state index is 11.2. The van der Waals surface area contributed by atoms with Crippen LogP contribution in [0, 0.1) is 10.1 Å². The molecule has 0 saturated heterocycles. The van der Waals surface area contributed by atoms with E-state index in [2.05, 4.69) is 72.8 Å². The molecule has 0 amide bonds. The van der Waals surface area contributed by atoms with Gasteiger partial charge in [-0.25, -0.2) is 0 Å². The number of hydrogen-bond donors (Lipinski definition) is 0. The average Bonchev–Trinajstić information content (AvgIpc) is 2.81. The zero-order valence-electron chi connectivity index (χ0n) is 17.3. The van der Waals surface area contributed by atoms with Gasteiger partial charge in [0.2, 0.25) is 0 Å². The summed E-state index contributed by atoms with van der Waals surface area (Å²) in [7, 11) is -6.00. The summed E-state index contributed by atoms with van der Waals surface area (Å²) in [5, 5.41) is 11.2. The van der Waals surface area contributed by atoms with Gasteiger partial charge in [-0.05, 0) is 0 Å². The first-order valence-corrected chi connectivity index (χ1v) is 15.0. The molecule has 168 valence electrons. The summed E-state index contributed by atoms with van der Waals surface area (Å²) in [5.41, 5.74) is 0.122. The van der Waals surface area contributed by atoms with E-state index in [1.807, 2.05) is 30.3 Å². The number of nitro groups is 1. The predicted octanol–water partition coefficient (Wildman–Crippen LogP) is 4.27. The Kier molecular flexibility index (Phi) is 7.93. The van der Waals surface area contributed by atoms with Gasteiger partial charge in [0.1, 0.15) is 0 Å². The minimum absolute atomic E-state index is 0.122. The molecule has 4 aromatic carbocycles. The predicted molar refractivity (Wildman–Crippen MR) is 127 cm³/mol. The molecule has 0 aliphatic carbocycles. The van der Waals surface area contributed by atoms with Crippen LogP contribution in [-0.2, 0) is 0 Å². The van der Waals surface area contributed by atoms with E-state index in [4.69, 9.17) is 0 Å². The number of hydrogen-bond acceptors (Lipinski definition) is 2. The molecule has 0 fully saturated rings. The number of benzene rings is 4. The molecule has 0 bridgehead atoms. The fourth-order valence-electron chi connectivity index (χ4n) is 3.65. The molecule has 0 radical (unpaired) electrons. The van der Waals surface area contributed by atoms with Gasteiger partial charge in [0.25, 0.3) is 0 Å². The van der Waals surface area contributed by atoms with Gasteiger partial charge in [-0.15, -0.1) is 0 Å². The van der Waals surface area contributed by atoms with Crippen molar-refractivity contribution in [1.82, 2.24) is 0 Å². The second-order valence-electron chi connectivity index (χ2n) is 6.95. The number of rotatable bonds is 5. The normalized spacial score (nSPS) is 11.3. The van der Waals surface area contributed by atoms with E-state index >= 15 is 0 Å². The quantitative estimate of drug-likeness (QED) is 0.158. The first-order valence-electron chi connectivity index (χ1n) is 9.91. The van der Waals surface area contributed by atoms with Crippen LogP contribution < -0.4 is 14.0 Å². The van der Waals surface area contributed by atoms with Gasteiger partial charge in [-0.2, -0.15) is 0 Å². The maximum absolute atomic E-state index is 11.2. The SMILES string of the molecule is F[B-](F)(F)F.O=[N+]([O-])c1cc[c]([Sb+]([c]2ccccc2)([c]2ccccc2)[c]2ccccc2)cc1. The molecule has 0 unspecified atom stereocenters. The van der Waals surface area contributed by atoms with E-state index in [-0.39, 0.29) is 10.6 Å². The fourth-order valence-corrected chi connectivity index (χ4v) is 15.8. The molecule has 33 heavy (non-hydrogen) atoms. The Balaban J connectivity index is 0.000000555. The molecule has 0 N–H and O–H groups in total. The fraction of sp³-hybridized carbons (Fsp3) is 0. The van der Waals surface area contributed by atoms with Gasteiger partial charge in [-0.1, -0.05) is 0 Å². The van der Waals surface area contributed by atoms with Crippen molar-refractivity contribution in [3.63, 3.8) is 0 Å². The van der Waals surface area contributed by atoms with E-state index in [0.717, 1.165) is 0 Å². The van der Waals surface area contributed by atoms with Crippen LogP contribution in [0.4, 0.5) is 23.0 Å². The summed E-state index contributed by atoms with van der Waals surface area (Å²) < 4.78 is 44.1. The molecule has 0 aliphatic rings. The van der Waals surface area contributed by atoms with Gasteiger partial charge in [-0.3, -0.25) is 0 Å². The molecule has 0 spiro atoms. The van der Waals surface area contributed by atoms with Crippen LogP contribution in [0.25, 0.3) is 0 Å². The van der Waals surface area contributed by atoms with Crippen molar-refractivity contribution in [3.05, 3.63) is 125 Å². The summed E-state index contributed by atoms with van der Waals surface area (Å²) in [6, 6.07) is 39.0. The van der Waals surface area contributed by atoms with E-state index in [1.165, 1.54) is 14.0 Å². The van der Waals surface area contributed by atoms with Crippen molar-refractivity contribution in [1.29, 1.82) is 0 Å². The van der Waals surface area contributed by atoms with Gasteiger partial charge < -0.3 is 17.3 Å². The van der Waals surface area contributed by atoms with E-state index in [0.29, 0.717) is 0 Å². The molecule has 0 atom stereocenters. The van der Waals surface area contributed by atoms with Crippen molar-refractivity contribution in [2.75, 3.05) is 0 Å².